The van der Waals surface area contributed by atoms with Gasteiger partial charge in [-0.1, -0.05) is 11.6 Å². The predicted molar refractivity (Wildman–Crippen MR) is 80.4 cm³/mol. The van der Waals surface area contributed by atoms with Crippen molar-refractivity contribution in [1.29, 1.82) is 0 Å². The molecule has 3 N–H and O–H groups in total. The number of anilines is 1. The van der Waals surface area contributed by atoms with Crippen LogP contribution < -0.4 is 15.4 Å². The highest BCUT2D eigenvalue weighted by Crippen LogP contribution is 2.27. The molecule has 1 unspecified atom stereocenters. The molecule has 1 atom stereocenters. The molecule has 20 heavy (non-hydrogen) atoms. The summed E-state index contributed by atoms with van der Waals surface area (Å²) >= 11 is 5.91. The van der Waals surface area contributed by atoms with Gasteiger partial charge in [0.15, 0.2) is 0 Å². The van der Waals surface area contributed by atoms with Crippen LogP contribution in [-0.4, -0.2) is 37.3 Å². The fourth-order valence-corrected chi connectivity index (χ4v) is 1.81. The van der Waals surface area contributed by atoms with E-state index >= 15 is 0 Å². The summed E-state index contributed by atoms with van der Waals surface area (Å²) in [5, 5.41) is 15.5. The topological polar surface area (TPSA) is 70.6 Å². The summed E-state index contributed by atoms with van der Waals surface area (Å²) in [7, 11) is 1.58. The lowest BCUT2D eigenvalue weighted by Crippen LogP contribution is -2.28. The smallest absolute Gasteiger partial charge is 0.221 e. The average Bonchev–Trinajstić information content (AvgIpc) is 2.38. The largest absolute Gasteiger partial charge is 0.495 e. The van der Waals surface area contributed by atoms with Crippen LogP contribution in [0.25, 0.3) is 0 Å². The zero-order chi connectivity index (χ0) is 15.0. The maximum Gasteiger partial charge on any atom is 0.221 e. The highest BCUT2D eigenvalue weighted by molar-refractivity contribution is 6.30. The summed E-state index contributed by atoms with van der Waals surface area (Å²) in [5.74, 6) is 0.628. The number of nitrogens with one attached hydrogen (secondary N) is 2. The molecular weight excluding hydrogens is 280 g/mol. The fraction of sp³-hybridized carbons (Fsp3) is 0.500. The standard InChI is InChI=1S/C14H21ClN2O3/c1-10(18)5-7-17-14(19)6-8-16-12-9-11(15)3-4-13(12)20-2/h3-4,9-10,16,18H,5-8H2,1-2H3,(H,17,19). The number of ether oxygens (including phenoxy) is 1. The first-order valence-electron chi connectivity index (χ1n) is 6.55. The van der Waals surface area contributed by atoms with Crippen LogP contribution in [0.5, 0.6) is 5.75 Å². The molecule has 1 amide bonds. The van der Waals surface area contributed by atoms with E-state index in [0.717, 1.165) is 5.69 Å². The highest BCUT2D eigenvalue weighted by Gasteiger charge is 2.05. The molecule has 1 aromatic rings. The Morgan fingerprint density at radius 2 is 2.20 bits per heavy atom. The second-order valence-electron chi connectivity index (χ2n) is 4.51. The van der Waals surface area contributed by atoms with Crippen molar-refractivity contribution in [1.82, 2.24) is 5.32 Å². The van der Waals surface area contributed by atoms with Crippen molar-refractivity contribution in [2.45, 2.75) is 25.9 Å². The van der Waals surface area contributed by atoms with Crippen LogP contribution in [0.15, 0.2) is 18.2 Å². The summed E-state index contributed by atoms with van der Waals surface area (Å²) in [5.41, 5.74) is 0.761. The Kier molecular flexibility index (Phi) is 7.18. The third kappa shape index (κ3) is 6.12. The third-order valence-corrected chi connectivity index (χ3v) is 2.95. The van der Waals surface area contributed by atoms with Gasteiger partial charge in [-0.25, -0.2) is 0 Å². The van der Waals surface area contributed by atoms with E-state index < -0.39 is 6.10 Å². The number of aliphatic hydroxyl groups excluding tert-OH is 1. The minimum absolute atomic E-state index is 0.0563. The van der Waals surface area contributed by atoms with Gasteiger partial charge in [0, 0.05) is 24.5 Å². The van der Waals surface area contributed by atoms with Gasteiger partial charge in [-0.05, 0) is 31.5 Å². The molecule has 0 fully saturated rings. The van der Waals surface area contributed by atoms with Gasteiger partial charge in [0.2, 0.25) is 5.91 Å². The molecule has 0 aliphatic carbocycles. The lowest BCUT2D eigenvalue weighted by atomic mass is 10.2. The Labute approximate surface area is 124 Å². The van der Waals surface area contributed by atoms with Gasteiger partial charge in [-0.15, -0.1) is 0 Å². The molecule has 0 aliphatic rings. The first-order valence-corrected chi connectivity index (χ1v) is 6.93. The maximum atomic E-state index is 11.5. The minimum Gasteiger partial charge on any atom is -0.495 e. The van der Waals surface area contributed by atoms with Gasteiger partial charge in [-0.3, -0.25) is 4.79 Å². The van der Waals surface area contributed by atoms with Crippen LogP contribution in [0.4, 0.5) is 5.69 Å². The molecule has 6 heteroatoms. The second kappa shape index (κ2) is 8.66. The quantitative estimate of drug-likeness (QED) is 0.687. The number of amides is 1. The van der Waals surface area contributed by atoms with Crippen molar-refractivity contribution >= 4 is 23.2 Å². The van der Waals surface area contributed by atoms with Crippen LogP contribution in [0, 0.1) is 0 Å². The Morgan fingerprint density at radius 3 is 2.85 bits per heavy atom. The molecule has 112 valence electrons. The van der Waals surface area contributed by atoms with Crippen LogP contribution in [0.3, 0.4) is 0 Å². The van der Waals surface area contributed by atoms with Gasteiger partial charge in [0.05, 0.1) is 18.9 Å². The van der Waals surface area contributed by atoms with Gasteiger partial charge in [0.1, 0.15) is 5.75 Å². The molecule has 0 aromatic heterocycles. The van der Waals surface area contributed by atoms with Gasteiger partial charge >= 0.3 is 0 Å². The van der Waals surface area contributed by atoms with Crippen molar-refractivity contribution < 1.29 is 14.6 Å². The molecule has 0 saturated carbocycles. The van der Waals surface area contributed by atoms with E-state index in [0.29, 0.717) is 36.7 Å². The van der Waals surface area contributed by atoms with Crippen molar-refractivity contribution in [2.24, 2.45) is 0 Å². The molecule has 0 bridgehead atoms. The van der Waals surface area contributed by atoms with Crippen LogP contribution in [0.2, 0.25) is 5.02 Å². The molecule has 1 rings (SSSR count). The van der Waals surface area contributed by atoms with E-state index in [9.17, 15) is 4.79 Å². The van der Waals surface area contributed by atoms with E-state index in [1.807, 2.05) is 0 Å². The summed E-state index contributed by atoms with van der Waals surface area (Å²) in [6, 6.07) is 5.27. The number of aliphatic hydroxyl groups is 1. The molecule has 1 aromatic carbocycles. The number of methoxy groups -OCH3 is 1. The minimum atomic E-state index is -0.399. The first-order chi connectivity index (χ1) is 9.52. The zero-order valence-corrected chi connectivity index (χ0v) is 12.5. The number of halogens is 1. The van der Waals surface area contributed by atoms with Crippen molar-refractivity contribution in [3.63, 3.8) is 0 Å². The predicted octanol–water partition coefficient (Wildman–Crippen LogP) is 2.04. The van der Waals surface area contributed by atoms with E-state index in [1.54, 1.807) is 32.2 Å². The number of carbonyl (C=O) groups is 1. The number of hydrogen-bond donors (Lipinski definition) is 3. The lowest BCUT2D eigenvalue weighted by Gasteiger charge is -2.11. The number of hydrogen-bond acceptors (Lipinski definition) is 4. The van der Waals surface area contributed by atoms with E-state index in [-0.39, 0.29) is 5.91 Å². The highest BCUT2D eigenvalue weighted by atomic mass is 35.5. The Morgan fingerprint density at radius 1 is 1.45 bits per heavy atom. The lowest BCUT2D eigenvalue weighted by molar-refractivity contribution is -0.120. The molecule has 0 aliphatic heterocycles. The number of benzene rings is 1. The molecule has 5 nitrogen and oxygen atoms in total. The SMILES string of the molecule is COc1ccc(Cl)cc1NCCC(=O)NCCC(C)O. The van der Waals surface area contributed by atoms with Gasteiger partial charge in [-0.2, -0.15) is 0 Å². The Balaban J connectivity index is 2.33. The number of rotatable bonds is 8. The normalized spacial score (nSPS) is 11.8. The van der Waals surface area contributed by atoms with Crippen molar-refractivity contribution in [3.05, 3.63) is 23.2 Å². The summed E-state index contributed by atoms with van der Waals surface area (Å²) in [6.45, 7) is 2.66. The fourth-order valence-electron chi connectivity index (χ4n) is 1.64. The van der Waals surface area contributed by atoms with Crippen LogP contribution >= 0.6 is 11.6 Å². The monoisotopic (exact) mass is 300 g/mol. The maximum absolute atomic E-state index is 11.5. The number of carbonyl (C=O) groups excluding carboxylic acids is 1. The van der Waals surface area contributed by atoms with E-state index in [4.69, 9.17) is 21.4 Å². The van der Waals surface area contributed by atoms with Crippen LogP contribution in [-0.2, 0) is 4.79 Å². The third-order valence-electron chi connectivity index (χ3n) is 2.71. The summed E-state index contributed by atoms with van der Waals surface area (Å²) in [4.78, 5) is 11.5. The van der Waals surface area contributed by atoms with Crippen LogP contribution in [0.1, 0.15) is 19.8 Å². The molecule has 0 spiro atoms. The van der Waals surface area contributed by atoms with E-state index in [1.165, 1.54) is 0 Å². The molecule has 0 radical (unpaired) electrons. The molecule has 0 heterocycles. The summed E-state index contributed by atoms with van der Waals surface area (Å²) in [6.07, 6.45) is 0.501. The molecule has 0 saturated heterocycles. The average molecular weight is 301 g/mol. The first kappa shape index (κ1) is 16.6. The van der Waals surface area contributed by atoms with Crippen molar-refractivity contribution in [2.75, 3.05) is 25.5 Å². The van der Waals surface area contributed by atoms with Gasteiger partial charge < -0.3 is 20.5 Å². The van der Waals surface area contributed by atoms with Gasteiger partial charge in [0.25, 0.3) is 0 Å². The Hall–Kier alpha value is -1.46. The molecular formula is C14H21ClN2O3. The van der Waals surface area contributed by atoms with E-state index in [2.05, 4.69) is 10.6 Å². The Bertz CT molecular complexity index is 438. The van der Waals surface area contributed by atoms with Crippen molar-refractivity contribution in [3.8, 4) is 5.75 Å². The summed E-state index contributed by atoms with van der Waals surface area (Å²) < 4.78 is 5.20. The zero-order valence-electron chi connectivity index (χ0n) is 11.8. The second-order valence-corrected chi connectivity index (χ2v) is 4.95.